The van der Waals surface area contributed by atoms with Gasteiger partial charge in [-0.1, -0.05) is 23.5 Å². The maximum absolute atomic E-state index is 12.8. The number of carbonyl (C=O) groups excluding carboxylic acids is 3. The van der Waals surface area contributed by atoms with Crippen LogP contribution in [-0.4, -0.2) is 51.8 Å². The quantitative estimate of drug-likeness (QED) is 0.506. The van der Waals surface area contributed by atoms with E-state index in [2.05, 4.69) is 20.9 Å². The van der Waals surface area contributed by atoms with Gasteiger partial charge in [0.15, 0.2) is 5.13 Å². The Morgan fingerprint density at radius 2 is 2.13 bits per heavy atom. The number of hydrogen-bond donors (Lipinski definition) is 4. The first kappa shape index (κ1) is 19.2. The lowest BCUT2D eigenvalue weighted by Gasteiger charge is -2.36. The van der Waals surface area contributed by atoms with E-state index in [4.69, 9.17) is 0 Å². The number of piperidine rings is 1. The van der Waals surface area contributed by atoms with Gasteiger partial charge in [0.05, 0.1) is 4.88 Å². The Kier molecular flexibility index (Phi) is 4.57. The predicted octanol–water partition coefficient (Wildman–Crippen LogP) is 0.307. The van der Waals surface area contributed by atoms with Crippen LogP contribution in [0.5, 0.6) is 0 Å². The SMILES string of the molecule is O=C1CCC(N2Cc3cc(CNc4ncc(C5(O)CNC5)s4)ccc3C2=O)C(=O)N1. The second kappa shape index (κ2) is 7.15. The van der Waals surface area contributed by atoms with E-state index >= 15 is 0 Å². The van der Waals surface area contributed by atoms with E-state index in [0.29, 0.717) is 38.2 Å². The average molecular weight is 427 g/mol. The number of anilines is 1. The van der Waals surface area contributed by atoms with E-state index in [9.17, 15) is 19.5 Å². The molecule has 2 saturated heterocycles. The molecule has 0 saturated carbocycles. The lowest BCUT2D eigenvalue weighted by atomic mass is 9.96. The molecule has 0 bridgehead atoms. The molecular weight excluding hydrogens is 406 g/mol. The summed E-state index contributed by atoms with van der Waals surface area (Å²) in [4.78, 5) is 43.0. The molecule has 1 aromatic heterocycles. The van der Waals surface area contributed by atoms with Crippen molar-refractivity contribution in [3.05, 3.63) is 46.0 Å². The van der Waals surface area contributed by atoms with Crippen molar-refractivity contribution in [3.8, 4) is 0 Å². The maximum Gasteiger partial charge on any atom is 0.255 e. The van der Waals surface area contributed by atoms with Gasteiger partial charge in [0.25, 0.3) is 5.91 Å². The van der Waals surface area contributed by atoms with E-state index in [1.54, 1.807) is 17.2 Å². The number of imide groups is 1. The van der Waals surface area contributed by atoms with E-state index in [0.717, 1.165) is 21.1 Å². The Bertz CT molecular complexity index is 1050. The number of fused-ring (bicyclic) bond motifs is 1. The summed E-state index contributed by atoms with van der Waals surface area (Å²) in [5.41, 5.74) is 1.65. The van der Waals surface area contributed by atoms with Crippen molar-refractivity contribution in [2.45, 2.75) is 37.6 Å². The second-order valence-electron chi connectivity index (χ2n) is 7.91. The highest BCUT2D eigenvalue weighted by Gasteiger charge is 2.39. The van der Waals surface area contributed by atoms with Crippen LogP contribution in [0.3, 0.4) is 0 Å². The third kappa shape index (κ3) is 3.26. The van der Waals surface area contributed by atoms with Crippen molar-refractivity contribution in [1.29, 1.82) is 0 Å². The van der Waals surface area contributed by atoms with Gasteiger partial charge in [0, 0.05) is 44.4 Å². The van der Waals surface area contributed by atoms with Crippen molar-refractivity contribution in [1.82, 2.24) is 20.5 Å². The standard InChI is InChI=1S/C20H21N5O4S/c26-16-4-3-14(17(27)24-16)25-8-12-5-11(1-2-13(12)18(25)28)6-22-19-23-7-15(30-19)20(29)9-21-10-20/h1-2,5,7,14,21,29H,3-4,6,8-10H2,(H,22,23)(H,24,26,27). The molecule has 0 radical (unpaired) electrons. The molecule has 0 spiro atoms. The third-order valence-electron chi connectivity index (χ3n) is 5.83. The molecule has 4 N–H and O–H groups in total. The number of nitrogens with one attached hydrogen (secondary N) is 3. The van der Waals surface area contributed by atoms with Crippen LogP contribution in [-0.2, 0) is 28.3 Å². The van der Waals surface area contributed by atoms with Gasteiger partial charge in [-0.2, -0.15) is 0 Å². The molecule has 2 aromatic rings. The summed E-state index contributed by atoms with van der Waals surface area (Å²) in [6.45, 7) is 1.97. The molecule has 0 aliphatic carbocycles. The fraction of sp³-hybridized carbons (Fsp3) is 0.400. The lowest BCUT2D eigenvalue weighted by molar-refractivity contribution is -0.136. The molecule has 30 heavy (non-hydrogen) atoms. The molecule has 3 aliphatic rings. The third-order valence-corrected chi connectivity index (χ3v) is 6.98. The fourth-order valence-electron chi connectivity index (χ4n) is 4.02. The minimum absolute atomic E-state index is 0.175. The summed E-state index contributed by atoms with van der Waals surface area (Å²) in [6, 6.07) is 5.03. The summed E-state index contributed by atoms with van der Waals surface area (Å²) in [7, 11) is 0. The number of β-amino-alcohol motifs (C(OH)–C–C–N with tert-alkyl or cyclic N) is 1. The minimum atomic E-state index is -0.814. The summed E-state index contributed by atoms with van der Waals surface area (Å²) >= 11 is 1.43. The summed E-state index contributed by atoms with van der Waals surface area (Å²) in [6.07, 6.45) is 2.30. The maximum atomic E-state index is 12.8. The van der Waals surface area contributed by atoms with Gasteiger partial charge in [-0.25, -0.2) is 4.98 Å². The van der Waals surface area contributed by atoms with E-state index in [1.165, 1.54) is 11.3 Å². The molecule has 156 valence electrons. The number of aromatic nitrogens is 1. The monoisotopic (exact) mass is 427 g/mol. The fourth-order valence-corrected chi connectivity index (χ4v) is 4.92. The Morgan fingerprint density at radius 1 is 1.30 bits per heavy atom. The minimum Gasteiger partial charge on any atom is -0.382 e. The summed E-state index contributed by atoms with van der Waals surface area (Å²) < 4.78 is 0. The molecule has 2 fully saturated rings. The van der Waals surface area contributed by atoms with Gasteiger partial charge in [-0.05, 0) is 23.6 Å². The predicted molar refractivity (Wildman–Crippen MR) is 109 cm³/mol. The van der Waals surface area contributed by atoms with Crippen molar-refractivity contribution in [2.75, 3.05) is 18.4 Å². The number of rotatable bonds is 5. The highest BCUT2D eigenvalue weighted by molar-refractivity contribution is 7.15. The number of amides is 3. The van der Waals surface area contributed by atoms with Gasteiger partial charge < -0.3 is 20.6 Å². The number of hydrogen-bond acceptors (Lipinski definition) is 8. The van der Waals surface area contributed by atoms with Crippen LogP contribution < -0.4 is 16.0 Å². The van der Waals surface area contributed by atoms with Crippen LogP contribution in [0.25, 0.3) is 0 Å². The number of carbonyl (C=O) groups is 3. The van der Waals surface area contributed by atoms with Gasteiger partial charge in [-0.3, -0.25) is 19.7 Å². The zero-order valence-corrected chi connectivity index (χ0v) is 16.9. The zero-order valence-electron chi connectivity index (χ0n) is 16.1. The molecule has 4 heterocycles. The van der Waals surface area contributed by atoms with Crippen LogP contribution in [0.4, 0.5) is 5.13 Å². The van der Waals surface area contributed by atoms with E-state index in [1.807, 2.05) is 12.1 Å². The van der Waals surface area contributed by atoms with Crippen LogP contribution in [0, 0.1) is 0 Å². The first-order valence-corrected chi connectivity index (χ1v) is 10.6. The summed E-state index contributed by atoms with van der Waals surface area (Å²) in [5, 5.41) is 19.7. The molecule has 1 unspecified atom stereocenters. The number of thiazole rings is 1. The van der Waals surface area contributed by atoms with Crippen molar-refractivity contribution in [3.63, 3.8) is 0 Å². The van der Waals surface area contributed by atoms with Crippen LogP contribution in [0.15, 0.2) is 24.4 Å². The van der Waals surface area contributed by atoms with Crippen LogP contribution in [0.1, 0.15) is 39.2 Å². The molecule has 1 aromatic carbocycles. The smallest absolute Gasteiger partial charge is 0.255 e. The highest BCUT2D eigenvalue weighted by atomic mass is 32.1. The largest absolute Gasteiger partial charge is 0.382 e. The molecule has 3 amide bonds. The molecule has 9 nitrogen and oxygen atoms in total. The van der Waals surface area contributed by atoms with Crippen LogP contribution >= 0.6 is 11.3 Å². The lowest BCUT2D eigenvalue weighted by Crippen LogP contribution is -2.56. The first-order chi connectivity index (χ1) is 14.4. The zero-order chi connectivity index (χ0) is 20.9. The average Bonchev–Trinajstić information content (AvgIpc) is 3.30. The topological polar surface area (TPSA) is 124 Å². The molecule has 1 atom stereocenters. The molecule has 10 heteroatoms. The van der Waals surface area contributed by atoms with Crippen LogP contribution in [0.2, 0.25) is 0 Å². The molecule has 3 aliphatic heterocycles. The Hall–Kier alpha value is -2.82. The van der Waals surface area contributed by atoms with Gasteiger partial charge in [-0.15, -0.1) is 0 Å². The Morgan fingerprint density at radius 3 is 2.87 bits per heavy atom. The Labute approximate surface area is 176 Å². The van der Waals surface area contributed by atoms with Gasteiger partial charge >= 0.3 is 0 Å². The molecular formula is C20H21N5O4S. The van der Waals surface area contributed by atoms with Gasteiger partial charge in [0.2, 0.25) is 11.8 Å². The van der Waals surface area contributed by atoms with Crippen molar-refractivity contribution in [2.24, 2.45) is 0 Å². The Balaban J connectivity index is 1.25. The normalized spacial score (nSPS) is 22.5. The van der Waals surface area contributed by atoms with E-state index < -0.39 is 17.6 Å². The number of nitrogens with zero attached hydrogens (tertiary/aromatic N) is 2. The van der Waals surface area contributed by atoms with Crippen molar-refractivity contribution >= 4 is 34.2 Å². The number of benzene rings is 1. The summed E-state index contributed by atoms with van der Waals surface area (Å²) in [5.74, 6) is -0.872. The second-order valence-corrected chi connectivity index (χ2v) is 8.94. The molecule has 5 rings (SSSR count). The number of aliphatic hydroxyl groups is 1. The van der Waals surface area contributed by atoms with Crippen molar-refractivity contribution < 1.29 is 19.5 Å². The highest BCUT2D eigenvalue weighted by Crippen LogP contribution is 2.32. The first-order valence-electron chi connectivity index (χ1n) is 9.83. The van der Waals surface area contributed by atoms with E-state index in [-0.39, 0.29) is 18.2 Å². The van der Waals surface area contributed by atoms with Gasteiger partial charge in [0.1, 0.15) is 11.6 Å².